The minimum atomic E-state index is -4.68. The second-order valence-corrected chi connectivity index (χ2v) is 11.8. The highest BCUT2D eigenvalue weighted by molar-refractivity contribution is 7.87. The lowest BCUT2D eigenvalue weighted by Gasteiger charge is -2.49. The summed E-state index contributed by atoms with van der Waals surface area (Å²) in [6, 6.07) is 20.4. The quantitative estimate of drug-likeness (QED) is 0.325. The molecule has 0 bridgehead atoms. The smallest absolute Gasteiger partial charge is 0.318 e. The van der Waals surface area contributed by atoms with E-state index < -0.39 is 20.9 Å². The number of carbonyl (C=O) groups is 1. The van der Waals surface area contributed by atoms with E-state index in [9.17, 15) is 17.8 Å². The van der Waals surface area contributed by atoms with Crippen LogP contribution in [-0.2, 0) is 15.7 Å². The number of hydrogen-bond acceptors (Lipinski definition) is 3. The Hall–Kier alpha value is -2.81. The maximum atomic E-state index is 13.5. The Kier molecular flexibility index (Phi) is 7.33. The van der Waals surface area contributed by atoms with Crippen molar-refractivity contribution in [1.29, 1.82) is 0 Å². The van der Waals surface area contributed by atoms with Gasteiger partial charge in [0.25, 0.3) is 10.1 Å². The van der Waals surface area contributed by atoms with Gasteiger partial charge in [-0.3, -0.25) is 4.55 Å². The van der Waals surface area contributed by atoms with Crippen molar-refractivity contribution in [3.05, 3.63) is 117 Å². The fourth-order valence-electron chi connectivity index (χ4n) is 5.23. The van der Waals surface area contributed by atoms with Gasteiger partial charge < -0.3 is 10.2 Å². The molecule has 6 nitrogen and oxygen atoms in total. The molecule has 10 heteroatoms. The second kappa shape index (κ2) is 10.4. The second-order valence-electron chi connectivity index (χ2n) is 9.06. The number of amides is 2. The normalized spacial score (nSPS) is 21.9. The van der Waals surface area contributed by atoms with Crippen LogP contribution in [0.5, 0.6) is 0 Å². The first-order valence-corrected chi connectivity index (χ1v) is 14.5. The number of halogens is 3. The molecule has 3 aromatic rings. The zero-order valence-corrected chi connectivity index (χ0v) is 23.0. The number of hydrogen-bond donors (Lipinski definition) is 2. The van der Waals surface area contributed by atoms with Gasteiger partial charge in [-0.05, 0) is 53.0 Å². The van der Waals surface area contributed by atoms with Crippen molar-refractivity contribution in [2.24, 2.45) is 0 Å². The summed E-state index contributed by atoms with van der Waals surface area (Å²) in [5.74, 6) is 0. The average Bonchev–Trinajstić information content (AvgIpc) is 2.89. The molecule has 1 heterocycles. The molecule has 2 N–H and O–H groups in total. The van der Waals surface area contributed by atoms with Crippen LogP contribution in [0.3, 0.4) is 0 Å². The summed E-state index contributed by atoms with van der Waals surface area (Å²) in [6.45, 7) is 0.843. The largest absolute Gasteiger partial charge is 0.338 e. The summed E-state index contributed by atoms with van der Waals surface area (Å²) in [5, 5.41) is 2.41. The van der Waals surface area contributed by atoms with Gasteiger partial charge in [-0.2, -0.15) is 8.42 Å². The Labute approximate surface area is 236 Å². The van der Waals surface area contributed by atoms with E-state index in [-0.39, 0.29) is 16.6 Å². The van der Waals surface area contributed by atoms with Crippen molar-refractivity contribution in [1.82, 2.24) is 10.2 Å². The van der Waals surface area contributed by atoms with Crippen LogP contribution in [0, 0.1) is 0 Å². The zero-order chi connectivity index (χ0) is 27.1. The van der Waals surface area contributed by atoms with E-state index in [4.69, 9.17) is 34.8 Å². The summed E-state index contributed by atoms with van der Waals surface area (Å²) < 4.78 is 36.2. The van der Waals surface area contributed by atoms with Crippen molar-refractivity contribution < 1.29 is 17.8 Å². The number of rotatable bonds is 5. The van der Waals surface area contributed by atoms with E-state index in [1.54, 1.807) is 83.8 Å². The molecule has 1 saturated heterocycles. The number of nitrogens with zero attached hydrogens (tertiary/aromatic N) is 1. The number of benzene rings is 3. The van der Waals surface area contributed by atoms with Gasteiger partial charge in [-0.15, -0.1) is 0 Å². The minimum absolute atomic E-state index is 0.215. The molecule has 1 aliphatic heterocycles. The molecular weight excluding hydrogens is 567 g/mol. The monoisotopic (exact) mass is 588 g/mol. The molecule has 2 atom stereocenters. The molecule has 2 aliphatic rings. The molecule has 196 valence electrons. The molecule has 2 amide bonds. The highest BCUT2D eigenvalue weighted by atomic mass is 35.5. The maximum absolute atomic E-state index is 13.5. The Morgan fingerprint density at radius 3 is 2.03 bits per heavy atom. The first kappa shape index (κ1) is 26.8. The van der Waals surface area contributed by atoms with Gasteiger partial charge >= 0.3 is 6.03 Å². The van der Waals surface area contributed by atoms with E-state index in [0.29, 0.717) is 51.8 Å². The van der Waals surface area contributed by atoms with E-state index in [1.807, 2.05) is 0 Å². The number of urea groups is 1. The van der Waals surface area contributed by atoms with Crippen LogP contribution < -0.4 is 5.32 Å². The van der Waals surface area contributed by atoms with Crippen molar-refractivity contribution in [3.63, 3.8) is 0 Å². The molecular formula is C28H23Cl3N2O4S. The van der Waals surface area contributed by atoms with Crippen molar-refractivity contribution in [2.45, 2.75) is 17.2 Å². The predicted molar refractivity (Wildman–Crippen MR) is 152 cm³/mol. The summed E-state index contributed by atoms with van der Waals surface area (Å²) in [5.41, 5.74) is 0.654. The van der Waals surface area contributed by atoms with Crippen molar-refractivity contribution in [2.75, 3.05) is 13.1 Å². The molecule has 38 heavy (non-hydrogen) atoms. The molecule has 1 fully saturated rings. The minimum Gasteiger partial charge on any atom is -0.338 e. The first-order chi connectivity index (χ1) is 18.1. The topological polar surface area (TPSA) is 86.7 Å². The third-order valence-corrected chi connectivity index (χ3v) is 8.88. The van der Waals surface area contributed by atoms with Gasteiger partial charge in [-0.25, -0.2) is 4.79 Å². The van der Waals surface area contributed by atoms with Crippen LogP contribution in [0.2, 0.25) is 15.1 Å². The average molecular weight is 590 g/mol. The molecule has 0 saturated carbocycles. The van der Waals surface area contributed by atoms with E-state index >= 15 is 0 Å². The van der Waals surface area contributed by atoms with Crippen LogP contribution in [0.4, 0.5) is 4.79 Å². The van der Waals surface area contributed by atoms with Crippen LogP contribution in [0.25, 0.3) is 11.1 Å². The van der Waals surface area contributed by atoms with Crippen molar-refractivity contribution >= 4 is 62.1 Å². The van der Waals surface area contributed by atoms with Crippen LogP contribution in [-0.4, -0.2) is 42.2 Å². The van der Waals surface area contributed by atoms with Crippen molar-refractivity contribution in [3.8, 4) is 0 Å². The van der Waals surface area contributed by atoms with Gasteiger partial charge in [0.15, 0.2) is 0 Å². The van der Waals surface area contributed by atoms with E-state index in [0.717, 1.165) is 0 Å². The molecule has 3 aromatic carbocycles. The summed E-state index contributed by atoms with van der Waals surface area (Å²) in [6.07, 6.45) is 3.77. The fraction of sp³-hybridized carbons (Fsp3) is 0.179. The molecule has 0 radical (unpaired) electrons. The molecule has 1 aliphatic carbocycles. The Morgan fingerprint density at radius 2 is 1.45 bits per heavy atom. The Bertz CT molecular complexity index is 1590. The molecule has 5 rings (SSSR count). The van der Waals surface area contributed by atoms with Crippen LogP contribution in [0.1, 0.15) is 23.1 Å². The third kappa shape index (κ3) is 4.63. The molecule has 2 unspecified atom stereocenters. The van der Waals surface area contributed by atoms with Crippen LogP contribution in [0.15, 0.2) is 84.9 Å². The molecule has 0 spiro atoms. The van der Waals surface area contributed by atoms with Gasteiger partial charge in [0, 0.05) is 33.7 Å². The predicted octanol–water partition coefficient (Wildman–Crippen LogP) is 6.69. The standard InChI is InChI=1S/C28H23Cl3N2O4S/c29-23-11-4-1-8-18(23)20-17-28(21-10-3-6-13-25(21)31,33-15-7-14-32-27(33)34)22(16-26(20)38(35,36)37)19-9-2-5-12-24(19)30/h1-6,8-13,16-17,26H,7,14-15H2,(H,32,34)(H,35,36,37). The van der Waals surface area contributed by atoms with Gasteiger partial charge in [0.1, 0.15) is 10.8 Å². The van der Waals surface area contributed by atoms with E-state index in [2.05, 4.69) is 5.32 Å². The number of nitrogens with one attached hydrogen (secondary N) is 1. The SMILES string of the molecule is O=C1NCCCN1C1(c2ccccc2Cl)C=C(c2ccccc2Cl)C(S(=O)(=O)O)C=C1c1ccccc1Cl. The van der Waals surface area contributed by atoms with Gasteiger partial charge in [0.2, 0.25) is 0 Å². The fourth-order valence-corrected chi connectivity index (χ4v) is 6.81. The lowest BCUT2D eigenvalue weighted by molar-refractivity contribution is 0.152. The molecule has 0 aromatic heterocycles. The van der Waals surface area contributed by atoms with Gasteiger partial charge in [0.05, 0.1) is 0 Å². The first-order valence-electron chi connectivity index (χ1n) is 11.9. The van der Waals surface area contributed by atoms with Gasteiger partial charge in [-0.1, -0.05) is 95.5 Å². The Morgan fingerprint density at radius 1 is 0.868 bits per heavy atom. The highest BCUT2D eigenvalue weighted by Gasteiger charge is 2.50. The summed E-state index contributed by atoms with van der Waals surface area (Å²) >= 11 is 20.1. The zero-order valence-electron chi connectivity index (χ0n) is 19.9. The summed E-state index contributed by atoms with van der Waals surface area (Å²) in [7, 11) is -4.68. The van der Waals surface area contributed by atoms with Crippen LogP contribution >= 0.6 is 34.8 Å². The maximum Gasteiger partial charge on any atom is 0.318 e. The number of carbonyl (C=O) groups excluding carboxylic acids is 1. The lowest BCUT2D eigenvalue weighted by Crippen LogP contribution is -2.57. The lowest BCUT2D eigenvalue weighted by atomic mass is 9.71. The third-order valence-electron chi connectivity index (χ3n) is 6.86. The van der Waals surface area contributed by atoms with E-state index in [1.165, 1.54) is 6.08 Å². The summed E-state index contributed by atoms with van der Waals surface area (Å²) in [4.78, 5) is 15.2. The Balaban J connectivity index is 1.96. The highest BCUT2D eigenvalue weighted by Crippen LogP contribution is 2.53.